The van der Waals surface area contributed by atoms with E-state index in [9.17, 15) is 14.9 Å². The van der Waals surface area contributed by atoms with E-state index in [0.29, 0.717) is 16.3 Å². The number of anilines is 1. The number of nitrogens with zero attached hydrogens (tertiary/aromatic N) is 1. The van der Waals surface area contributed by atoms with Crippen molar-refractivity contribution in [2.24, 2.45) is 0 Å². The number of halogens is 1. The van der Waals surface area contributed by atoms with Gasteiger partial charge in [-0.1, -0.05) is 17.7 Å². The average molecular weight is 299 g/mol. The summed E-state index contributed by atoms with van der Waals surface area (Å²) in [6, 6.07) is 4.66. The van der Waals surface area contributed by atoms with E-state index in [1.54, 1.807) is 26.8 Å². The maximum Gasteiger partial charge on any atom is 0.412 e. The van der Waals surface area contributed by atoms with Gasteiger partial charge in [0.15, 0.2) is 0 Å². The second kappa shape index (κ2) is 6.38. The van der Waals surface area contributed by atoms with Gasteiger partial charge in [-0.2, -0.15) is 0 Å². The van der Waals surface area contributed by atoms with E-state index in [1.807, 2.05) is 0 Å². The van der Waals surface area contributed by atoms with Crippen LogP contribution in [0.4, 0.5) is 10.5 Å². The summed E-state index contributed by atoms with van der Waals surface area (Å²) in [5, 5.41) is 13.1. The fraction of sp³-hybridized carbons (Fsp3) is 0.308. The van der Waals surface area contributed by atoms with Crippen molar-refractivity contribution in [3.05, 3.63) is 45.1 Å². The Balaban J connectivity index is 2.87. The number of hydrogen-bond acceptors (Lipinski definition) is 4. The van der Waals surface area contributed by atoms with Crippen molar-refractivity contribution < 1.29 is 14.5 Å². The minimum Gasteiger partial charge on any atom is -0.444 e. The fourth-order valence-corrected chi connectivity index (χ4v) is 1.47. The highest BCUT2D eigenvalue weighted by Gasteiger charge is 2.17. The van der Waals surface area contributed by atoms with Gasteiger partial charge in [0.1, 0.15) is 5.60 Å². The second-order valence-corrected chi connectivity index (χ2v) is 5.37. The third kappa shape index (κ3) is 5.71. The molecule has 0 aliphatic carbocycles. The molecule has 0 heterocycles. The molecular formula is C13H15ClN2O4. The van der Waals surface area contributed by atoms with Crippen LogP contribution in [-0.2, 0) is 4.74 Å². The maximum absolute atomic E-state index is 11.6. The molecule has 108 valence electrons. The smallest absolute Gasteiger partial charge is 0.412 e. The molecule has 0 saturated carbocycles. The average Bonchev–Trinajstić information content (AvgIpc) is 2.27. The van der Waals surface area contributed by atoms with Crippen LogP contribution in [0.1, 0.15) is 26.3 Å². The molecular weight excluding hydrogens is 284 g/mol. The van der Waals surface area contributed by atoms with Crippen LogP contribution in [0.2, 0.25) is 5.02 Å². The van der Waals surface area contributed by atoms with Crippen molar-refractivity contribution in [3.8, 4) is 0 Å². The van der Waals surface area contributed by atoms with Crippen molar-refractivity contribution in [2.75, 3.05) is 5.32 Å². The van der Waals surface area contributed by atoms with Gasteiger partial charge in [-0.15, -0.1) is 0 Å². The lowest BCUT2D eigenvalue weighted by Gasteiger charge is -2.20. The first-order valence-electron chi connectivity index (χ1n) is 5.78. The zero-order valence-corrected chi connectivity index (χ0v) is 12.1. The summed E-state index contributed by atoms with van der Waals surface area (Å²) in [4.78, 5) is 21.3. The van der Waals surface area contributed by atoms with E-state index in [1.165, 1.54) is 18.2 Å². The molecule has 0 aliphatic rings. The first-order chi connectivity index (χ1) is 9.17. The molecule has 1 N–H and O–H groups in total. The quantitative estimate of drug-likeness (QED) is 0.677. The summed E-state index contributed by atoms with van der Waals surface area (Å²) in [6.45, 7) is 5.22. The molecule has 0 spiro atoms. The highest BCUT2D eigenvalue weighted by molar-refractivity contribution is 6.33. The van der Waals surface area contributed by atoms with Gasteiger partial charge < -0.3 is 4.74 Å². The molecule has 6 nitrogen and oxygen atoms in total. The minimum atomic E-state index is -0.644. The number of carbonyl (C=O) groups is 1. The zero-order chi connectivity index (χ0) is 15.3. The number of rotatable bonds is 3. The molecule has 1 aromatic carbocycles. The molecule has 0 unspecified atom stereocenters. The first-order valence-corrected chi connectivity index (χ1v) is 6.16. The Hall–Kier alpha value is -2.08. The molecule has 0 aromatic heterocycles. The normalized spacial score (nSPS) is 11.4. The Morgan fingerprint density at radius 2 is 2.10 bits per heavy atom. The van der Waals surface area contributed by atoms with Crippen LogP contribution in [0.5, 0.6) is 0 Å². The lowest BCUT2D eigenvalue weighted by Crippen LogP contribution is -2.27. The van der Waals surface area contributed by atoms with Crippen molar-refractivity contribution in [3.63, 3.8) is 0 Å². The van der Waals surface area contributed by atoms with Crippen molar-refractivity contribution in [1.29, 1.82) is 0 Å². The van der Waals surface area contributed by atoms with Crippen LogP contribution in [0, 0.1) is 10.1 Å². The predicted octanol–water partition coefficient (Wildman–Crippen LogP) is 3.93. The van der Waals surface area contributed by atoms with Crippen LogP contribution in [0.25, 0.3) is 6.08 Å². The number of nitro groups is 1. The molecule has 0 bridgehead atoms. The Bertz CT molecular complexity index is 550. The number of carbonyl (C=O) groups excluding carboxylic acids is 1. The van der Waals surface area contributed by atoms with Gasteiger partial charge in [-0.25, -0.2) is 4.79 Å². The lowest BCUT2D eigenvalue weighted by molar-refractivity contribution is -0.400. The molecule has 0 saturated heterocycles. The molecule has 0 radical (unpaired) electrons. The summed E-state index contributed by atoms with van der Waals surface area (Å²) < 4.78 is 5.10. The van der Waals surface area contributed by atoms with Crippen LogP contribution < -0.4 is 5.32 Å². The molecule has 1 amide bonds. The largest absolute Gasteiger partial charge is 0.444 e. The standard InChI is InChI=1S/C13H15ClN2O4/c1-13(2,3)20-12(17)15-11-8-9(4-5-10(11)14)6-7-16(18)19/h4-8H,1-3H3,(H,15,17)/b7-6+. The summed E-state index contributed by atoms with van der Waals surface area (Å²) in [7, 11) is 0. The summed E-state index contributed by atoms with van der Waals surface area (Å²) >= 11 is 5.95. The SMILES string of the molecule is CC(C)(C)OC(=O)Nc1cc(/C=C/[N+](=O)[O-])ccc1Cl. The fourth-order valence-electron chi connectivity index (χ4n) is 1.30. The monoisotopic (exact) mass is 298 g/mol. The third-order valence-corrected chi connectivity index (χ3v) is 2.34. The highest BCUT2D eigenvalue weighted by atomic mass is 35.5. The Labute approximate surface area is 121 Å². The van der Waals surface area contributed by atoms with Gasteiger partial charge >= 0.3 is 6.09 Å². The first kappa shape index (κ1) is 16.0. The zero-order valence-electron chi connectivity index (χ0n) is 11.3. The topological polar surface area (TPSA) is 81.5 Å². The van der Waals surface area contributed by atoms with Gasteiger partial charge in [0, 0.05) is 6.08 Å². The van der Waals surface area contributed by atoms with Crippen molar-refractivity contribution >= 4 is 29.5 Å². The van der Waals surface area contributed by atoms with Gasteiger partial charge in [-0.3, -0.25) is 15.4 Å². The lowest BCUT2D eigenvalue weighted by atomic mass is 10.2. The molecule has 0 atom stereocenters. The van der Waals surface area contributed by atoms with Gasteiger partial charge in [0.2, 0.25) is 6.20 Å². The van der Waals surface area contributed by atoms with E-state index in [2.05, 4.69) is 5.32 Å². The van der Waals surface area contributed by atoms with Crippen LogP contribution in [0.3, 0.4) is 0 Å². The number of benzene rings is 1. The Morgan fingerprint density at radius 3 is 2.65 bits per heavy atom. The van der Waals surface area contributed by atoms with Crippen molar-refractivity contribution in [1.82, 2.24) is 0 Å². The molecule has 20 heavy (non-hydrogen) atoms. The van der Waals surface area contributed by atoms with Crippen LogP contribution in [-0.4, -0.2) is 16.6 Å². The van der Waals surface area contributed by atoms with Gasteiger partial charge in [-0.05, 0) is 38.5 Å². The predicted molar refractivity (Wildman–Crippen MR) is 77.3 cm³/mol. The number of ether oxygens (including phenoxy) is 1. The van der Waals surface area contributed by atoms with Crippen LogP contribution >= 0.6 is 11.6 Å². The Morgan fingerprint density at radius 1 is 1.45 bits per heavy atom. The van der Waals surface area contributed by atoms with E-state index in [-0.39, 0.29) is 0 Å². The summed E-state index contributed by atoms with van der Waals surface area (Å²) in [5.74, 6) is 0. The minimum absolute atomic E-state index is 0.314. The molecule has 1 rings (SSSR count). The summed E-state index contributed by atoms with van der Waals surface area (Å²) in [6.07, 6.45) is 1.46. The molecule has 1 aromatic rings. The molecule has 0 fully saturated rings. The maximum atomic E-state index is 11.6. The molecule has 0 aliphatic heterocycles. The van der Waals surface area contributed by atoms with E-state index in [4.69, 9.17) is 16.3 Å². The van der Waals surface area contributed by atoms with Gasteiger partial charge in [0.05, 0.1) is 15.6 Å². The Kier molecular flexibility index (Phi) is 5.10. The van der Waals surface area contributed by atoms with E-state index >= 15 is 0 Å². The van der Waals surface area contributed by atoms with Gasteiger partial charge in [0.25, 0.3) is 0 Å². The number of hydrogen-bond donors (Lipinski definition) is 1. The molecule has 7 heteroatoms. The second-order valence-electron chi connectivity index (χ2n) is 4.97. The van der Waals surface area contributed by atoms with E-state index in [0.717, 1.165) is 6.20 Å². The highest BCUT2D eigenvalue weighted by Crippen LogP contribution is 2.24. The third-order valence-electron chi connectivity index (χ3n) is 2.01. The van der Waals surface area contributed by atoms with Crippen LogP contribution in [0.15, 0.2) is 24.4 Å². The number of nitrogens with one attached hydrogen (secondary N) is 1. The number of amides is 1. The summed E-state index contributed by atoms with van der Waals surface area (Å²) in [5.41, 5.74) is 0.239. The van der Waals surface area contributed by atoms with Crippen molar-refractivity contribution in [2.45, 2.75) is 26.4 Å². The van der Waals surface area contributed by atoms with E-state index < -0.39 is 16.6 Å².